The molecule has 0 bridgehead atoms. The van der Waals surface area contributed by atoms with Gasteiger partial charge in [-0.3, -0.25) is 9.59 Å². The Morgan fingerprint density at radius 1 is 1.50 bits per heavy atom. The monoisotopic (exact) mass is 236 g/mol. The zero-order chi connectivity index (χ0) is 11.5. The molecule has 1 aliphatic heterocycles. The lowest BCUT2D eigenvalue weighted by Gasteiger charge is -2.21. The molecule has 0 fully saturated rings. The van der Waals surface area contributed by atoms with Crippen LogP contribution in [-0.4, -0.2) is 23.6 Å². The molecule has 0 saturated heterocycles. The van der Waals surface area contributed by atoms with Crippen LogP contribution in [0.3, 0.4) is 0 Å². The van der Waals surface area contributed by atoms with E-state index in [-0.39, 0.29) is 5.78 Å². The molecular weight excluding hydrogens is 224 g/mol. The van der Waals surface area contributed by atoms with E-state index in [1.165, 1.54) is 11.8 Å². The molecule has 0 radical (unpaired) electrons. The van der Waals surface area contributed by atoms with Crippen LogP contribution in [0.25, 0.3) is 0 Å². The Morgan fingerprint density at radius 3 is 3.00 bits per heavy atom. The first kappa shape index (κ1) is 11.2. The Kier molecular flexibility index (Phi) is 3.29. The van der Waals surface area contributed by atoms with E-state index in [4.69, 9.17) is 4.74 Å². The number of hydrogen-bond acceptors (Lipinski definition) is 4. The van der Waals surface area contributed by atoms with Crippen LogP contribution in [0.4, 0.5) is 0 Å². The number of hydrogen-bond donors (Lipinski definition) is 0. The van der Waals surface area contributed by atoms with E-state index < -0.39 is 11.2 Å². The summed E-state index contributed by atoms with van der Waals surface area (Å²) in [6.45, 7) is 2.05. The van der Waals surface area contributed by atoms with Crippen molar-refractivity contribution in [3.63, 3.8) is 0 Å². The van der Waals surface area contributed by atoms with Crippen LogP contribution in [-0.2, 0) is 20.7 Å². The van der Waals surface area contributed by atoms with E-state index in [0.717, 1.165) is 10.5 Å². The highest BCUT2D eigenvalue weighted by atomic mass is 32.2. The molecule has 0 aliphatic carbocycles. The third-order valence-corrected chi connectivity index (χ3v) is 3.72. The second-order valence-electron chi connectivity index (χ2n) is 3.50. The van der Waals surface area contributed by atoms with Crippen molar-refractivity contribution >= 4 is 23.5 Å². The van der Waals surface area contributed by atoms with Crippen molar-refractivity contribution < 1.29 is 14.3 Å². The third kappa shape index (κ3) is 2.11. The predicted molar refractivity (Wildman–Crippen MR) is 61.4 cm³/mol. The molecule has 3 nitrogen and oxygen atoms in total. The smallest absolute Gasteiger partial charge is 0.327 e. The molecule has 2 rings (SSSR count). The topological polar surface area (TPSA) is 43.4 Å². The number of carbonyl (C=O) groups is 2. The quantitative estimate of drug-likeness (QED) is 0.580. The van der Waals surface area contributed by atoms with Crippen LogP contribution in [0.15, 0.2) is 29.2 Å². The van der Waals surface area contributed by atoms with Gasteiger partial charge in [0.05, 0.1) is 6.61 Å². The van der Waals surface area contributed by atoms with Gasteiger partial charge in [-0.05, 0) is 18.6 Å². The van der Waals surface area contributed by atoms with E-state index >= 15 is 0 Å². The molecule has 0 amide bonds. The summed E-state index contributed by atoms with van der Waals surface area (Å²) in [6, 6.07) is 7.65. The Morgan fingerprint density at radius 2 is 2.25 bits per heavy atom. The molecule has 1 heterocycles. The van der Waals surface area contributed by atoms with Crippen molar-refractivity contribution in [3.8, 4) is 0 Å². The lowest BCUT2D eigenvalue weighted by molar-refractivity contribution is -0.144. The van der Waals surface area contributed by atoms with Crippen LogP contribution < -0.4 is 0 Å². The molecule has 16 heavy (non-hydrogen) atoms. The first-order valence-corrected chi connectivity index (χ1v) is 6.04. The van der Waals surface area contributed by atoms with Crippen molar-refractivity contribution in [1.82, 2.24) is 0 Å². The number of rotatable bonds is 2. The second-order valence-corrected chi connectivity index (χ2v) is 4.65. The molecule has 0 N–H and O–H groups in total. The zero-order valence-corrected chi connectivity index (χ0v) is 9.75. The van der Waals surface area contributed by atoms with Crippen LogP contribution in [0, 0.1) is 0 Å². The number of carbonyl (C=O) groups excluding carboxylic acids is 2. The summed E-state index contributed by atoms with van der Waals surface area (Å²) in [5.74, 6) is -0.492. The summed E-state index contributed by atoms with van der Waals surface area (Å²) in [4.78, 5) is 24.3. The van der Waals surface area contributed by atoms with Gasteiger partial charge in [0.25, 0.3) is 0 Å². The summed E-state index contributed by atoms with van der Waals surface area (Å²) < 4.78 is 4.89. The lowest BCUT2D eigenvalue weighted by atomic mass is 10.1. The Labute approximate surface area is 98.2 Å². The average molecular weight is 236 g/mol. The average Bonchev–Trinajstić information content (AvgIpc) is 2.28. The molecule has 1 atom stereocenters. The fourth-order valence-electron chi connectivity index (χ4n) is 1.64. The maximum Gasteiger partial charge on any atom is 0.327 e. The SMILES string of the molecule is CCOC(=O)C1Sc2ccccc2CC1=O. The van der Waals surface area contributed by atoms with E-state index in [9.17, 15) is 9.59 Å². The van der Waals surface area contributed by atoms with E-state index in [2.05, 4.69) is 0 Å². The minimum atomic E-state index is -0.685. The molecule has 4 heteroatoms. The molecule has 1 aliphatic rings. The van der Waals surface area contributed by atoms with Crippen molar-refractivity contribution in [2.45, 2.75) is 23.5 Å². The van der Waals surface area contributed by atoms with Gasteiger partial charge in [0.15, 0.2) is 11.0 Å². The summed E-state index contributed by atoms with van der Waals surface area (Å²) in [6.07, 6.45) is 0.326. The molecule has 1 aromatic rings. The molecular formula is C12H12O3S. The molecule has 0 aromatic heterocycles. The van der Waals surface area contributed by atoms with Gasteiger partial charge in [0.1, 0.15) is 0 Å². The van der Waals surface area contributed by atoms with Gasteiger partial charge in [-0.25, -0.2) is 0 Å². The van der Waals surface area contributed by atoms with Crippen molar-refractivity contribution in [2.75, 3.05) is 6.61 Å². The molecule has 0 saturated carbocycles. The summed E-state index contributed by atoms with van der Waals surface area (Å²) in [5, 5.41) is -0.685. The van der Waals surface area contributed by atoms with Gasteiger partial charge in [0.2, 0.25) is 0 Å². The zero-order valence-electron chi connectivity index (χ0n) is 8.93. The number of fused-ring (bicyclic) bond motifs is 1. The van der Waals surface area contributed by atoms with Gasteiger partial charge in [0, 0.05) is 11.3 Å². The molecule has 84 valence electrons. The minimum Gasteiger partial charge on any atom is -0.465 e. The van der Waals surface area contributed by atoms with Crippen LogP contribution in [0.2, 0.25) is 0 Å². The highest BCUT2D eigenvalue weighted by Gasteiger charge is 2.33. The van der Waals surface area contributed by atoms with Crippen molar-refractivity contribution in [2.24, 2.45) is 0 Å². The highest BCUT2D eigenvalue weighted by molar-refractivity contribution is 8.01. The van der Waals surface area contributed by atoms with Crippen molar-refractivity contribution in [3.05, 3.63) is 29.8 Å². The van der Waals surface area contributed by atoms with Crippen LogP contribution in [0.5, 0.6) is 0 Å². The number of thioether (sulfide) groups is 1. The Bertz CT molecular complexity index is 428. The summed E-state index contributed by atoms with van der Waals surface area (Å²) in [5.41, 5.74) is 0.998. The minimum absolute atomic E-state index is 0.0675. The largest absolute Gasteiger partial charge is 0.465 e. The second kappa shape index (κ2) is 4.70. The maximum absolute atomic E-state index is 11.8. The van der Waals surface area contributed by atoms with Crippen LogP contribution >= 0.6 is 11.8 Å². The summed E-state index contributed by atoms with van der Waals surface area (Å²) in [7, 11) is 0. The number of esters is 1. The normalized spacial score (nSPS) is 19.1. The van der Waals surface area contributed by atoms with E-state index in [0.29, 0.717) is 13.0 Å². The summed E-state index contributed by atoms with van der Waals surface area (Å²) >= 11 is 1.29. The fourth-order valence-corrected chi connectivity index (χ4v) is 2.72. The maximum atomic E-state index is 11.8. The number of Topliss-reactive ketones (excluding diaryl/α,β-unsaturated/α-hetero) is 1. The standard InChI is InChI=1S/C12H12O3S/c1-2-15-12(14)11-9(13)7-8-5-3-4-6-10(8)16-11/h3-6,11H,2,7H2,1H3. The Hall–Kier alpha value is -1.29. The predicted octanol–water partition coefficient (Wildman–Crippen LogP) is 1.84. The fraction of sp³-hybridized carbons (Fsp3) is 0.333. The van der Waals surface area contributed by atoms with Gasteiger partial charge in [-0.2, -0.15) is 0 Å². The lowest BCUT2D eigenvalue weighted by Crippen LogP contribution is -2.33. The third-order valence-electron chi connectivity index (χ3n) is 2.38. The van der Waals surface area contributed by atoms with Gasteiger partial charge < -0.3 is 4.74 Å². The molecule has 1 aromatic carbocycles. The van der Waals surface area contributed by atoms with Crippen LogP contribution in [0.1, 0.15) is 12.5 Å². The number of ether oxygens (including phenoxy) is 1. The van der Waals surface area contributed by atoms with E-state index in [1.807, 2.05) is 24.3 Å². The first-order valence-electron chi connectivity index (χ1n) is 5.16. The number of ketones is 1. The highest BCUT2D eigenvalue weighted by Crippen LogP contribution is 2.33. The molecule has 0 spiro atoms. The molecule has 1 unspecified atom stereocenters. The van der Waals surface area contributed by atoms with Crippen molar-refractivity contribution in [1.29, 1.82) is 0 Å². The van der Waals surface area contributed by atoms with Gasteiger partial charge in [-0.15, -0.1) is 11.8 Å². The first-order chi connectivity index (χ1) is 7.72. The van der Waals surface area contributed by atoms with Gasteiger partial charge >= 0.3 is 5.97 Å². The Balaban J connectivity index is 2.21. The number of benzene rings is 1. The van der Waals surface area contributed by atoms with Gasteiger partial charge in [-0.1, -0.05) is 18.2 Å². The van der Waals surface area contributed by atoms with E-state index in [1.54, 1.807) is 6.92 Å².